The minimum Gasteiger partial charge on any atom is -0.497 e. The summed E-state index contributed by atoms with van der Waals surface area (Å²) in [6.07, 6.45) is 0.186. The van der Waals surface area contributed by atoms with Crippen LogP contribution in [0.2, 0.25) is 0 Å². The Kier molecular flexibility index (Phi) is 10.2. The minimum atomic E-state index is -1.22. The molecular formula is C37H41NO8. The zero-order valence-corrected chi connectivity index (χ0v) is 26.6. The molecule has 4 aromatic carbocycles. The summed E-state index contributed by atoms with van der Waals surface area (Å²) in [6, 6.07) is 30.2. The summed E-state index contributed by atoms with van der Waals surface area (Å²) >= 11 is 0. The lowest BCUT2D eigenvalue weighted by molar-refractivity contribution is -0.138. The molecule has 0 saturated carbocycles. The van der Waals surface area contributed by atoms with E-state index in [-0.39, 0.29) is 32.0 Å². The first-order valence-electron chi connectivity index (χ1n) is 15.1. The van der Waals surface area contributed by atoms with Gasteiger partial charge in [-0.3, -0.25) is 9.69 Å². The van der Waals surface area contributed by atoms with Gasteiger partial charge in [0.1, 0.15) is 34.2 Å². The summed E-state index contributed by atoms with van der Waals surface area (Å²) in [7, 11) is 6.47. The second kappa shape index (κ2) is 14.2. The molecule has 0 unspecified atom stereocenters. The Hall–Kier alpha value is -4.57. The molecule has 5 rings (SSSR count). The lowest BCUT2D eigenvalue weighted by Crippen LogP contribution is -2.39. The van der Waals surface area contributed by atoms with E-state index < -0.39 is 17.2 Å². The Morgan fingerprint density at radius 3 is 1.48 bits per heavy atom. The van der Waals surface area contributed by atoms with Crippen molar-refractivity contribution in [1.82, 2.24) is 4.90 Å². The fourth-order valence-corrected chi connectivity index (χ4v) is 6.37. The smallest absolute Gasteiger partial charge is 0.304 e. The molecule has 2 atom stereocenters. The van der Waals surface area contributed by atoms with Gasteiger partial charge in [0.15, 0.2) is 0 Å². The van der Waals surface area contributed by atoms with Crippen LogP contribution in [0.5, 0.6) is 23.0 Å². The van der Waals surface area contributed by atoms with Gasteiger partial charge in [-0.2, -0.15) is 0 Å². The number of carbonyl (C=O) groups is 1. The van der Waals surface area contributed by atoms with Crippen LogP contribution in [0.15, 0.2) is 97.1 Å². The van der Waals surface area contributed by atoms with Crippen molar-refractivity contribution < 1.29 is 38.7 Å². The molecule has 242 valence electrons. The first-order chi connectivity index (χ1) is 22.2. The predicted molar refractivity (Wildman–Crippen MR) is 174 cm³/mol. The number of methoxy groups -OCH3 is 4. The Balaban J connectivity index is 1.51. The van der Waals surface area contributed by atoms with Crippen molar-refractivity contribution in [2.75, 3.05) is 48.1 Å². The fraction of sp³-hybridized carbons (Fsp3) is 0.324. The van der Waals surface area contributed by atoms with E-state index in [0.29, 0.717) is 29.5 Å². The Morgan fingerprint density at radius 2 is 1.11 bits per heavy atom. The molecule has 0 bridgehead atoms. The van der Waals surface area contributed by atoms with Crippen molar-refractivity contribution >= 4 is 5.97 Å². The standard InChI is InChI=1S/C37H41NO8/c1-42-31-13-5-26(6-14-31)36(41)24-30(23-35(39)40)38(25-36)21-22-46-37(27-7-15-32(43-2)16-8-27,28-9-17-33(44-3)18-10-28)29-11-19-34(45-4)20-12-29/h5-20,30,41H,21-25H2,1-4H3,(H,39,40)/t30-,36+/m1/s1. The maximum absolute atomic E-state index is 11.9. The predicted octanol–water partition coefficient (Wildman–Crippen LogP) is 5.47. The van der Waals surface area contributed by atoms with Gasteiger partial charge in [0.25, 0.3) is 0 Å². The maximum atomic E-state index is 11.9. The van der Waals surface area contributed by atoms with Crippen LogP contribution in [0.25, 0.3) is 0 Å². The van der Waals surface area contributed by atoms with Gasteiger partial charge < -0.3 is 33.9 Å². The molecule has 46 heavy (non-hydrogen) atoms. The highest BCUT2D eigenvalue weighted by Crippen LogP contribution is 2.43. The van der Waals surface area contributed by atoms with Crippen LogP contribution in [-0.4, -0.2) is 75.3 Å². The topological polar surface area (TPSA) is 107 Å². The number of likely N-dealkylation sites (tertiary alicyclic amines) is 1. The number of rotatable bonds is 14. The van der Waals surface area contributed by atoms with Gasteiger partial charge in [-0.15, -0.1) is 0 Å². The van der Waals surface area contributed by atoms with Gasteiger partial charge in [0.05, 0.1) is 41.5 Å². The van der Waals surface area contributed by atoms with Gasteiger partial charge >= 0.3 is 5.97 Å². The highest BCUT2D eigenvalue weighted by molar-refractivity contribution is 5.67. The number of carboxylic acids is 1. The molecule has 4 aromatic rings. The first-order valence-corrected chi connectivity index (χ1v) is 15.1. The van der Waals surface area contributed by atoms with Crippen molar-refractivity contribution in [3.63, 3.8) is 0 Å². The Bertz CT molecular complexity index is 1460. The first kappa shape index (κ1) is 32.8. The molecule has 0 radical (unpaired) electrons. The summed E-state index contributed by atoms with van der Waals surface area (Å²) in [5.41, 5.74) is 1.08. The second-order valence-electron chi connectivity index (χ2n) is 11.4. The van der Waals surface area contributed by atoms with Crippen molar-refractivity contribution in [3.05, 3.63) is 119 Å². The van der Waals surface area contributed by atoms with E-state index >= 15 is 0 Å². The third kappa shape index (κ3) is 6.82. The summed E-state index contributed by atoms with van der Waals surface area (Å²) in [5, 5.41) is 21.5. The van der Waals surface area contributed by atoms with Crippen LogP contribution in [0.3, 0.4) is 0 Å². The summed E-state index contributed by atoms with van der Waals surface area (Å²) in [6.45, 7) is 0.890. The summed E-state index contributed by atoms with van der Waals surface area (Å²) in [4.78, 5) is 13.9. The van der Waals surface area contributed by atoms with Gasteiger partial charge in [-0.05, 0) is 77.2 Å². The molecule has 0 aromatic heterocycles. The number of carboxylic acid groups (broad SMARTS) is 1. The van der Waals surface area contributed by atoms with Crippen LogP contribution in [-0.2, 0) is 20.7 Å². The van der Waals surface area contributed by atoms with E-state index in [0.717, 1.165) is 22.3 Å². The molecule has 1 aliphatic rings. The molecule has 9 heteroatoms. The second-order valence-corrected chi connectivity index (χ2v) is 11.4. The van der Waals surface area contributed by atoms with E-state index in [4.69, 9.17) is 23.7 Å². The van der Waals surface area contributed by atoms with E-state index in [9.17, 15) is 15.0 Å². The average molecular weight is 628 g/mol. The van der Waals surface area contributed by atoms with Gasteiger partial charge in [-0.1, -0.05) is 48.5 Å². The number of aliphatic carboxylic acids is 1. The largest absolute Gasteiger partial charge is 0.497 e. The maximum Gasteiger partial charge on any atom is 0.304 e. The number of hydrogen-bond acceptors (Lipinski definition) is 8. The Labute approximate surface area is 269 Å². The van der Waals surface area contributed by atoms with Crippen LogP contribution in [0.1, 0.15) is 35.1 Å². The monoisotopic (exact) mass is 627 g/mol. The van der Waals surface area contributed by atoms with Crippen molar-refractivity contribution in [3.8, 4) is 23.0 Å². The zero-order chi connectivity index (χ0) is 32.7. The van der Waals surface area contributed by atoms with Gasteiger partial charge in [0.2, 0.25) is 0 Å². The third-order valence-electron chi connectivity index (χ3n) is 8.78. The third-order valence-corrected chi connectivity index (χ3v) is 8.78. The number of nitrogens with zero attached hydrogens (tertiary/aromatic N) is 1. The molecule has 0 amide bonds. The van der Waals surface area contributed by atoms with E-state index in [1.807, 2.05) is 89.8 Å². The number of β-amino-alcohol motifs (C(OH)–C–C–N with tert-alkyl or cyclic N) is 1. The lowest BCUT2D eigenvalue weighted by Gasteiger charge is -2.37. The van der Waals surface area contributed by atoms with Crippen LogP contribution < -0.4 is 18.9 Å². The lowest BCUT2D eigenvalue weighted by atomic mass is 9.80. The van der Waals surface area contributed by atoms with Crippen molar-refractivity contribution in [2.24, 2.45) is 0 Å². The molecule has 1 fully saturated rings. The number of ether oxygens (including phenoxy) is 5. The SMILES string of the molecule is COc1ccc(C(OCCN2C[C@](O)(c3ccc(OC)cc3)C[C@H]2CC(=O)O)(c2ccc(OC)cc2)c2ccc(OC)cc2)cc1. The van der Waals surface area contributed by atoms with E-state index in [2.05, 4.69) is 0 Å². The Morgan fingerprint density at radius 1 is 0.717 bits per heavy atom. The molecule has 9 nitrogen and oxygen atoms in total. The molecule has 1 aliphatic heterocycles. The number of aliphatic hydroxyl groups is 1. The summed E-state index contributed by atoms with van der Waals surface area (Å²) in [5.74, 6) is 1.92. The fourth-order valence-electron chi connectivity index (χ4n) is 6.37. The molecular weight excluding hydrogens is 586 g/mol. The number of benzene rings is 4. The van der Waals surface area contributed by atoms with E-state index in [1.54, 1.807) is 40.6 Å². The molecule has 0 spiro atoms. The van der Waals surface area contributed by atoms with E-state index in [1.165, 1.54) is 0 Å². The molecule has 1 saturated heterocycles. The highest BCUT2D eigenvalue weighted by atomic mass is 16.5. The van der Waals surface area contributed by atoms with Crippen LogP contribution >= 0.6 is 0 Å². The average Bonchev–Trinajstić information content (AvgIpc) is 3.41. The quantitative estimate of drug-likeness (QED) is 0.176. The highest BCUT2D eigenvalue weighted by Gasteiger charge is 2.45. The van der Waals surface area contributed by atoms with Gasteiger partial charge in [0, 0.05) is 19.1 Å². The van der Waals surface area contributed by atoms with Crippen LogP contribution in [0, 0.1) is 0 Å². The number of hydrogen-bond donors (Lipinski definition) is 2. The van der Waals surface area contributed by atoms with Gasteiger partial charge in [-0.25, -0.2) is 0 Å². The van der Waals surface area contributed by atoms with Crippen molar-refractivity contribution in [2.45, 2.75) is 30.1 Å². The molecule has 1 heterocycles. The molecule has 2 N–H and O–H groups in total. The molecule has 0 aliphatic carbocycles. The van der Waals surface area contributed by atoms with Crippen LogP contribution in [0.4, 0.5) is 0 Å². The zero-order valence-electron chi connectivity index (χ0n) is 26.6. The summed E-state index contributed by atoms with van der Waals surface area (Å²) < 4.78 is 28.7. The minimum absolute atomic E-state index is 0.0982. The normalized spacial score (nSPS) is 18.2. The van der Waals surface area contributed by atoms with Crippen molar-refractivity contribution in [1.29, 1.82) is 0 Å².